The number of benzene rings is 3. The quantitative estimate of drug-likeness (QED) is 0.333. The maximum atomic E-state index is 14.0. The van der Waals surface area contributed by atoms with Gasteiger partial charge >= 0.3 is 0 Å². The van der Waals surface area contributed by atoms with E-state index < -0.39 is 0 Å². The second kappa shape index (κ2) is 12.4. The van der Waals surface area contributed by atoms with Gasteiger partial charge in [0.1, 0.15) is 18.2 Å². The van der Waals surface area contributed by atoms with Crippen molar-refractivity contribution in [2.75, 3.05) is 42.5 Å². The molecule has 3 aromatic rings. The molecule has 7 heteroatoms. The van der Waals surface area contributed by atoms with Crippen molar-refractivity contribution < 1.29 is 9.13 Å². The summed E-state index contributed by atoms with van der Waals surface area (Å²) in [6.07, 6.45) is 6.10. The number of halogens is 3. The zero-order valence-electron chi connectivity index (χ0n) is 21.2. The van der Waals surface area contributed by atoms with Crippen LogP contribution in [0.3, 0.4) is 0 Å². The highest BCUT2D eigenvalue weighted by atomic mass is 35.5. The lowest BCUT2D eigenvalue weighted by molar-refractivity contribution is 0.261. The van der Waals surface area contributed by atoms with Crippen molar-refractivity contribution in [3.05, 3.63) is 83.7 Å². The van der Waals surface area contributed by atoms with Gasteiger partial charge in [0.2, 0.25) is 0 Å². The number of anilines is 3. The van der Waals surface area contributed by atoms with E-state index >= 15 is 0 Å². The van der Waals surface area contributed by atoms with Crippen molar-refractivity contribution in [1.82, 2.24) is 4.90 Å². The first kappa shape index (κ1) is 27.6. The Kier molecular flexibility index (Phi) is 9.22. The number of ether oxygens (including phenoxy) is 1. The van der Waals surface area contributed by atoms with Crippen LogP contribution in [-0.4, -0.2) is 43.7 Å². The third kappa shape index (κ3) is 6.00. The number of hydrogen-bond acceptors (Lipinski definition) is 4. The molecule has 0 spiro atoms. The van der Waals surface area contributed by atoms with Crippen LogP contribution in [0.15, 0.2) is 66.7 Å². The molecule has 0 aromatic heterocycles. The Morgan fingerprint density at radius 2 is 1.62 bits per heavy atom. The molecule has 0 radical (unpaired) electrons. The Bertz CT molecular complexity index is 1170. The first-order valence-electron chi connectivity index (χ1n) is 13.1. The van der Waals surface area contributed by atoms with Crippen LogP contribution >= 0.6 is 24.8 Å². The van der Waals surface area contributed by atoms with Gasteiger partial charge in [-0.05, 0) is 74.5 Å². The molecule has 3 heterocycles. The third-order valence-electron chi connectivity index (χ3n) is 7.87. The van der Waals surface area contributed by atoms with Gasteiger partial charge in [-0.3, -0.25) is 4.90 Å². The van der Waals surface area contributed by atoms with Gasteiger partial charge in [-0.2, -0.15) is 0 Å². The topological polar surface area (TPSA) is 19.0 Å². The van der Waals surface area contributed by atoms with Gasteiger partial charge in [-0.1, -0.05) is 30.3 Å². The fourth-order valence-corrected chi connectivity index (χ4v) is 5.93. The highest BCUT2D eigenvalue weighted by molar-refractivity contribution is 5.85. The van der Waals surface area contributed by atoms with Crippen LogP contribution in [0.4, 0.5) is 21.5 Å². The Morgan fingerprint density at radius 1 is 0.838 bits per heavy atom. The van der Waals surface area contributed by atoms with Gasteiger partial charge in [0.05, 0.1) is 5.69 Å². The normalized spacial score (nSPS) is 18.8. The minimum Gasteiger partial charge on any atom is -0.487 e. The molecule has 0 bridgehead atoms. The van der Waals surface area contributed by atoms with Crippen LogP contribution in [-0.2, 0) is 13.0 Å². The van der Waals surface area contributed by atoms with E-state index in [1.807, 2.05) is 12.1 Å². The van der Waals surface area contributed by atoms with Crippen LogP contribution in [0.2, 0.25) is 0 Å². The van der Waals surface area contributed by atoms with E-state index in [1.54, 1.807) is 6.07 Å². The fourth-order valence-electron chi connectivity index (χ4n) is 5.93. The largest absolute Gasteiger partial charge is 0.487 e. The molecule has 3 aromatic carbocycles. The van der Waals surface area contributed by atoms with E-state index in [9.17, 15) is 4.39 Å². The molecule has 0 saturated carbocycles. The summed E-state index contributed by atoms with van der Waals surface area (Å²) in [5, 5.41) is 0. The molecule has 37 heavy (non-hydrogen) atoms. The Balaban J connectivity index is 0.00000160. The SMILES string of the molecule is Cl.Cl.Fc1ccc2c(c1)OCc1ccccc1N2CC1CCCN1CCc1ccc(N2CCCC2)cc1. The molecule has 3 aliphatic heterocycles. The van der Waals surface area contributed by atoms with Crippen molar-refractivity contribution >= 4 is 41.9 Å². The van der Waals surface area contributed by atoms with E-state index in [0.717, 1.165) is 37.3 Å². The molecule has 198 valence electrons. The van der Waals surface area contributed by atoms with Crippen molar-refractivity contribution in [1.29, 1.82) is 0 Å². The molecule has 1 atom stereocenters. The minimum absolute atomic E-state index is 0. The van der Waals surface area contributed by atoms with Crippen molar-refractivity contribution in [2.45, 2.75) is 44.8 Å². The first-order chi connectivity index (χ1) is 17.2. The Labute approximate surface area is 232 Å². The highest BCUT2D eigenvalue weighted by Crippen LogP contribution is 2.40. The van der Waals surface area contributed by atoms with Gasteiger partial charge in [-0.15, -0.1) is 24.8 Å². The summed E-state index contributed by atoms with van der Waals surface area (Å²) in [6.45, 7) is 5.93. The monoisotopic (exact) mass is 543 g/mol. The van der Waals surface area contributed by atoms with Crippen molar-refractivity contribution in [2.24, 2.45) is 0 Å². The second-order valence-corrected chi connectivity index (χ2v) is 10.1. The lowest BCUT2D eigenvalue weighted by Gasteiger charge is -2.32. The van der Waals surface area contributed by atoms with E-state index in [1.165, 1.54) is 61.8 Å². The Morgan fingerprint density at radius 3 is 2.43 bits per heavy atom. The van der Waals surface area contributed by atoms with Crippen molar-refractivity contribution in [3.63, 3.8) is 0 Å². The molecule has 0 amide bonds. The summed E-state index contributed by atoms with van der Waals surface area (Å²) in [4.78, 5) is 7.49. The summed E-state index contributed by atoms with van der Waals surface area (Å²) in [6, 6.07) is 23.0. The summed E-state index contributed by atoms with van der Waals surface area (Å²) < 4.78 is 20.0. The zero-order valence-corrected chi connectivity index (χ0v) is 22.8. The molecule has 0 N–H and O–H groups in total. The van der Waals surface area contributed by atoms with Crippen LogP contribution in [0.25, 0.3) is 0 Å². The minimum atomic E-state index is -0.257. The average Bonchev–Trinajstić information content (AvgIpc) is 3.55. The summed E-state index contributed by atoms with van der Waals surface area (Å²) in [5.74, 6) is 0.372. The van der Waals surface area contributed by atoms with Gasteiger partial charge in [0, 0.05) is 55.2 Å². The van der Waals surface area contributed by atoms with Crippen LogP contribution < -0.4 is 14.5 Å². The van der Waals surface area contributed by atoms with Crippen LogP contribution in [0.1, 0.15) is 36.8 Å². The van der Waals surface area contributed by atoms with Gasteiger partial charge < -0.3 is 14.5 Å². The van der Waals surface area contributed by atoms with E-state index in [4.69, 9.17) is 4.74 Å². The number of likely N-dealkylation sites (tertiary alicyclic amines) is 1. The first-order valence-corrected chi connectivity index (χ1v) is 13.1. The van der Waals surface area contributed by atoms with E-state index in [-0.39, 0.29) is 30.6 Å². The van der Waals surface area contributed by atoms with E-state index in [2.05, 4.69) is 57.2 Å². The van der Waals surface area contributed by atoms with Gasteiger partial charge in [0.25, 0.3) is 0 Å². The fraction of sp³-hybridized carbons (Fsp3) is 0.400. The summed E-state index contributed by atoms with van der Waals surface area (Å²) in [7, 11) is 0. The van der Waals surface area contributed by atoms with E-state index in [0.29, 0.717) is 18.4 Å². The molecule has 2 fully saturated rings. The lowest BCUT2D eigenvalue weighted by atomic mass is 10.1. The highest BCUT2D eigenvalue weighted by Gasteiger charge is 2.30. The third-order valence-corrected chi connectivity index (χ3v) is 7.87. The number of nitrogens with zero attached hydrogens (tertiary/aromatic N) is 3. The molecular formula is C30H36Cl2FN3O. The summed E-state index contributed by atoms with van der Waals surface area (Å²) >= 11 is 0. The average molecular weight is 545 g/mol. The maximum absolute atomic E-state index is 14.0. The predicted octanol–water partition coefficient (Wildman–Crippen LogP) is 7.01. The molecule has 2 saturated heterocycles. The zero-order chi connectivity index (χ0) is 23.6. The Hall–Kier alpha value is -2.47. The molecule has 1 unspecified atom stereocenters. The van der Waals surface area contributed by atoms with Crippen LogP contribution in [0.5, 0.6) is 5.75 Å². The molecule has 6 rings (SSSR count). The van der Waals surface area contributed by atoms with Crippen LogP contribution in [0, 0.1) is 5.82 Å². The summed E-state index contributed by atoms with van der Waals surface area (Å²) in [5.41, 5.74) is 6.05. The number of para-hydroxylation sites is 1. The standard InChI is InChI=1S/C30H34FN3O.2ClH/c31-25-11-14-29-30(20-25)35-22-24-6-1-2-8-28(24)34(29)21-27-7-5-18-33(27)19-15-23-9-12-26(13-10-23)32-16-3-4-17-32;;/h1-2,6,8-14,20,27H,3-5,7,15-19,21-22H2;2*1H. The van der Waals surface area contributed by atoms with Gasteiger partial charge in [-0.25, -0.2) is 4.39 Å². The molecule has 0 aliphatic carbocycles. The molecule has 3 aliphatic rings. The van der Waals surface area contributed by atoms with Gasteiger partial charge in [0.15, 0.2) is 0 Å². The number of hydrogen-bond donors (Lipinski definition) is 0. The maximum Gasteiger partial charge on any atom is 0.146 e. The smallest absolute Gasteiger partial charge is 0.146 e. The second-order valence-electron chi connectivity index (χ2n) is 10.1. The molecular weight excluding hydrogens is 508 g/mol. The number of fused-ring (bicyclic) bond motifs is 2. The van der Waals surface area contributed by atoms with Crippen molar-refractivity contribution in [3.8, 4) is 5.75 Å². The number of rotatable bonds is 6. The lowest BCUT2D eigenvalue weighted by Crippen LogP contribution is -2.39. The molecule has 4 nitrogen and oxygen atoms in total. The predicted molar refractivity (Wildman–Crippen MR) is 155 cm³/mol.